The third-order valence-corrected chi connectivity index (χ3v) is 9.49. The van der Waals surface area contributed by atoms with Crippen LogP contribution >= 0.6 is 11.6 Å². The molecule has 4 aliphatic rings. The molecular formula is C26H35ClN2O2. The molecule has 1 saturated carbocycles. The second-order valence-electron chi connectivity index (χ2n) is 10.5. The van der Waals surface area contributed by atoms with Crippen molar-refractivity contribution in [1.29, 1.82) is 0 Å². The van der Waals surface area contributed by atoms with Crippen LogP contribution in [0.4, 0.5) is 5.69 Å². The summed E-state index contributed by atoms with van der Waals surface area (Å²) in [5.41, 5.74) is 1.72. The zero-order chi connectivity index (χ0) is 22.1. The minimum Gasteiger partial charge on any atom is -0.380 e. The number of para-hydroxylation sites is 1. The van der Waals surface area contributed by atoms with E-state index in [2.05, 4.69) is 44.8 Å². The minimum absolute atomic E-state index is 0.00670. The molecule has 0 radical (unpaired) electrons. The molecule has 8 atom stereocenters. The molecule has 2 heterocycles. The van der Waals surface area contributed by atoms with Crippen molar-refractivity contribution in [3.05, 3.63) is 53.1 Å². The van der Waals surface area contributed by atoms with E-state index < -0.39 is 11.8 Å². The first kappa shape index (κ1) is 21.5. The number of hydroxylamine groups is 1. The number of hydrogen-bond acceptors (Lipinski definition) is 4. The molecule has 5 heteroatoms. The highest BCUT2D eigenvalue weighted by atomic mass is 35.5. The Morgan fingerprint density at radius 2 is 2.10 bits per heavy atom. The lowest BCUT2D eigenvalue weighted by Crippen LogP contribution is -2.58. The smallest absolute Gasteiger partial charge is 0.169 e. The number of halogens is 1. The van der Waals surface area contributed by atoms with Crippen LogP contribution in [0, 0.1) is 35.0 Å². The Hall–Kier alpha value is -1.33. The van der Waals surface area contributed by atoms with Gasteiger partial charge in [0.1, 0.15) is 5.60 Å². The minimum atomic E-state index is -1.14. The predicted molar refractivity (Wildman–Crippen MR) is 126 cm³/mol. The van der Waals surface area contributed by atoms with E-state index in [0.29, 0.717) is 28.7 Å². The molecule has 168 valence electrons. The van der Waals surface area contributed by atoms with Crippen LogP contribution in [0.1, 0.15) is 45.6 Å². The van der Waals surface area contributed by atoms with Gasteiger partial charge < -0.3 is 5.11 Å². The number of hydrogen-bond donors (Lipinski definition) is 2. The van der Waals surface area contributed by atoms with Crippen molar-refractivity contribution in [2.75, 3.05) is 18.7 Å². The van der Waals surface area contributed by atoms with Gasteiger partial charge in [0.15, 0.2) is 6.23 Å². The number of nitrogens with one attached hydrogen (secondary N) is 1. The number of anilines is 1. The van der Waals surface area contributed by atoms with Gasteiger partial charge >= 0.3 is 0 Å². The molecule has 2 N–H and O–H groups in total. The molecule has 2 fully saturated rings. The Morgan fingerprint density at radius 3 is 2.84 bits per heavy atom. The molecule has 0 amide bonds. The van der Waals surface area contributed by atoms with Crippen molar-refractivity contribution >= 4 is 17.3 Å². The lowest BCUT2D eigenvalue weighted by Gasteiger charge is -2.58. The van der Waals surface area contributed by atoms with E-state index in [-0.39, 0.29) is 11.3 Å². The summed E-state index contributed by atoms with van der Waals surface area (Å²) in [7, 11) is 1.86. The largest absolute Gasteiger partial charge is 0.380 e. The molecule has 0 aromatic heterocycles. The van der Waals surface area contributed by atoms with Crippen LogP contribution in [-0.4, -0.2) is 24.9 Å². The molecule has 0 spiro atoms. The summed E-state index contributed by atoms with van der Waals surface area (Å²) in [5, 5.41) is 18.3. The maximum absolute atomic E-state index is 12.5. The van der Waals surface area contributed by atoms with E-state index in [0.717, 1.165) is 17.8 Å². The highest BCUT2D eigenvalue weighted by Crippen LogP contribution is 2.63. The lowest BCUT2D eigenvalue weighted by molar-refractivity contribution is -0.177. The van der Waals surface area contributed by atoms with E-state index >= 15 is 0 Å². The van der Waals surface area contributed by atoms with E-state index in [1.807, 2.05) is 25.2 Å². The Kier molecular flexibility index (Phi) is 5.10. The monoisotopic (exact) mass is 442 g/mol. The first-order valence-electron chi connectivity index (χ1n) is 11.7. The van der Waals surface area contributed by atoms with Crippen LogP contribution in [0.5, 0.6) is 0 Å². The fraction of sp³-hybridized carbons (Fsp3) is 0.615. The summed E-state index contributed by atoms with van der Waals surface area (Å²) in [6.45, 7) is 12.0. The highest BCUT2D eigenvalue weighted by molar-refractivity contribution is 6.33. The average molecular weight is 443 g/mol. The summed E-state index contributed by atoms with van der Waals surface area (Å²) < 4.78 is 0. The normalized spacial score (nSPS) is 43.9. The van der Waals surface area contributed by atoms with Gasteiger partial charge in [0, 0.05) is 25.1 Å². The van der Waals surface area contributed by atoms with Crippen molar-refractivity contribution in [2.24, 2.45) is 35.0 Å². The lowest BCUT2D eigenvalue weighted by atomic mass is 9.48. The van der Waals surface area contributed by atoms with Gasteiger partial charge in [-0.3, -0.25) is 15.2 Å². The van der Waals surface area contributed by atoms with Crippen molar-refractivity contribution in [3.63, 3.8) is 0 Å². The summed E-state index contributed by atoms with van der Waals surface area (Å²) >= 11 is 6.58. The Labute approximate surface area is 191 Å². The van der Waals surface area contributed by atoms with Crippen LogP contribution in [0.25, 0.3) is 0 Å². The van der Waals surface area contributed by atoms with E-state index in [1.54, 1.807) is 5.06 Å². The van der Waals surface area contributed by atoms with Crippen LogP contribution in [0.3, 0.4) is 0 Å². The van der Waals surface area contributed by atoms with E-state index in [4.69, 9.17) is 16.4 Å². The third-order valence-electron chi connectivity index (χ3n) is 9.18. The molecule has 6 unspecified atom stereocenters. The molecule has 2 aliphatic heterocycles. The summed E-state index contributed by atoms with van der Waals surface area (Å²) in [4.78, 5) is 6.17. The van der Waals surface area contributed by atoms with Gasteiger partial charge in [-0.05, 0) is 54.9 Å². The number of fused-ring (bicyclic) bond motifs is 4. The molecule has 1 aromatic carbocycles. The SMILES string of the molecule is C=C(C)C1CCCC2C1C=CC(C)C2(C)C1CN[C@@H]2ON(C)c3c(Cl)cccc3[C@]12O. The van der Waals surface area contributed by atoms with Crippen LogP contribution in [-0.2, 0) is 10.4 Å². The van der Waals surface area contributed by atoms with Crippen molar-refractivity contribution in [2.45, 2.75) is 51.9 Å². The molecule has 1 saturated heterocycles. The van der Waals surface area contributed by atoms with Crippen molar-refractivity contribution in [3.8, 4) is 0 Å². The maximum atomic E-state index is 12.5. The molecule has 2 aliphatic carbocycles. The second kappa shape index (κ2) is 7.34. The highest BCUT2D eigenvalue weighted by Gasteiger charge is 2.65. The fourth-order valence-electron chi connectivity index (χ4n) is 7.44. The van der Waals surface area contributed by atoms with Crippen molar-refractivity contribution < 1.29 is 9.94 Å². The Bertz CT molecular complexity index is 932. The number of allylic oxidation sites excluding steroid dienone is 3. The standard InChI is InChI=1S/C26H35ClN2O2/c1-15(2)17-8-6-9-19-18(17)13-12-16(3)25(19,4)22-14-28-24-26(22,30)20-10-7-11-21(27)23(20)29(5)31-24/h7,10-13,16-19,22,24,28,30H,1,6,8-9,14H2,2-5H3/t16?,17?,18?,19?,22?,24-,25?,26+/m1/s1. The molecule has 31 heavy (non-hydrogen) atoms. The van der Waals surface area contributed by atoms with Gasteiger partial charge in [-0.2, -0.15) is 0 Å². The molecule has 1 aromatic rings. The molecule has 0 bridgehead atoms. The Morgan fingerprint density at radius 1 is 1.32 bits per heavy atom. The maximum Gasteiger partial charge on any atom is 0.169 e. The molecule has 4 nitrogen and oxygen atoms in total. The number of benzene rings is 1. The van der Waals surface area contributed by atoms with Gasteiger partial charge in [-0.15, -0.1) is 0 Å². The first-order chi connectivity index (χ1) is 14.7. The Balaban J connectivity index is 1.63. The second-order valence-corrected chi connectivity index (χ2v) is 10.9. The van der Waals surface area contributed by atoms with Gasteiger partial charge in [-0.1, -0.05) is 68.3 Å². The summed E-state index contributed by atoms with van der Waals surface area (Å²) in [5.74, 6) is 1.87. The van der Waals surface area contributed by atoms with Gasteiger partial charge in [0.05, 0.1) is 10.7 Å². The average Bonchev–Trinajstić information content (AvgIpc) is 3.08. The van der Waals surface area contributed by atoms with E-state index in [9.17, 15) is 5.11 Å². The van der Waals surface area contributed by atoms with E-state index in [1.165, 1.54) is 24.8 Å². The van der Waals surface area contributed by atoms with Gasteiger partial charge in [-0.25, -0.2) is 0 Å². The number of aliphatic hydroxyl groups is 1. The van der Waals surface area contributed by atoms with Gasteiger partial charge in [0.25, 0.3) is 0 Å². The quantitative estimate of drug-likeness (QED) is 0.612. The van der Waals surface area contributed by atoms with Gasteiger partial charge in [0.2, 0.25) is 0 Å². The van der Waals surface area contributed by atoms with Crippen molar-refractivity contribution in [1.82, 2.24) is 5.32 Å². The van der Waals surface area contributed by atoms with Crippen LogP contribution in [0.15, 0.2) is 42.5 Å². The fourth-order valence-corrected chi connectivity index (χ4v) is 7.73. The zero-order valence-corrected chi connectivity index (χ0v) is 19.8. The third kappa shape index (κ3) is 2.84. The zero-order valence-electron chi connectivity index (χ0n) is 19.1. The topological polar surface area (TPSA) is 44.7 Å². The molecular weight excluding hydrogens is 408 g/mol. The summed E-state index contributed by atoms with van der Waals surface area (Å²) in [6.07, 6.45) is 8.00. The summed E-state index contributed by atoms with van der Waals surface area (Å²) in [6, 6.07) is 5.83. The van der Waals surface area contributed by atoms with Crippen LogP contribution in [0.2, 0.25) is 5.02 Å². The molecule has 5 rings (SSSR count). The predicted octanol–water partition coefficient (Wildman–Crippen LogP) is 5.28. The van der Waals surface area contributed by atoms with Crippen LogP contribution < -0.4 is 10.4 Å². The number of nitrogens with zero attached hydrogens (tertiary/aromatic N) is 1. The number of rotatable bonds is 2. The first-order valence-corrected chi connectivity index (χ1v) is 12.1.